The summed E-state index contributed by atoms with van der Waals surface area (Å²) in [6.45, 7) is 0. The van der Waals surface area contributed by atoms with Crippen LogP contribution in [0.1, 0.15) is 36.4 Å². The smallest absolute Gasteiger partial charge is 0.331 e. The van der Waals surface area contributed by atoms with Crippen molar-refractivity contribution in [3.8, 4) is 0 Å². The Morgan fingerprint density at radius 3 is 2.74 bits per heavy atom. The van der Waals surface area contributed by atoms with E-state index in [2.05, 4.69) is 9.97 Å². The van der Waals surface area contributed by atoms with Crippen molar-refractivity contribution in [2.45, 2.75) is 31.3 Å². The third kappa shape index (κ3) is 2.93. The number of carbonyl (C=O) groups is 1. The number of ether oxygens (including phenoxy) is 1. The van der Waals surface area contributed by atoms with Crippen LogP contribution in [0.3, 0.4) is 0 Å². The number of imidazole rings is 1. The number of benzene rings is 1. The van der Waals surface area contributed by atoms with Crippen LogP contribution < -0.4 is 0 Å². The fourth-order valence-corrected chi connectivity index (χ4v) is 4.13. The topological polar surface area (TPSA) is 55.0 Å². The lowest BCUT2D eigenvalue weighted by Crippen LogP contribution is -2.26. The monoisotopic (exact) mass is 308 g/mol. The van der Waals surface area contributed by atoms with Gasteiger partial charge in [-0.25, -0.2) is 9.78 Å². The maximum absolute atomic E-state index is 12.0. The molecular formula is C19H20N2O2. The first-order chi connectivity index (χ1) is 11.3. The maximum atomic E-state index is 12.0. The molecule has 0 amide bonds. The van der Waals surface area contributed by atoms with Gasteiger partial charge in [-0.1, -0.05) is 30.3 Å². The fraction of sp³-hybridized carbons (Fsp3) is 0.368. The van der Waals surface area contributed by atoms with Gasteiger partial charge in [0.25, 0.3) is 0 Å². The molecule has 23 heavy (non-hydrogen) atoms. The number of hydrogen-bond acceptors (Lipinski definition) is 3. The van der Waals surface area contributed by atoms with Crippen molar-refractivity contribution in [3.63, 3.8) is 0 Å². The van der Waals surface area contributed by atoms with Gasteiger partial charge in [0.2, 0.25) is 0 Å². The molecule has 1 aromatic carbocycles. The highest BCUT2D eigenvalue weighted by molar-refractivity contribution is 5.87. The number of aromatic nitrogens is 2. The molecule has 0 saturated heterocycles. The van der Waals surface area contributed by atoms with E-state index >= 15 is 0 Å². The quantitative estimate of drug-likeness (QED) is 0.694. The van der Waals surface area contributed by atoms with Gasteiger partial charge < -0.3 is 9.72 Å². The second-order valence-electron chi connectivity index (χ2n) is 6.56. The van der Waals surface area contributed by atoms with E-state index in [0.29, 0.717) is 17.8 Å². The lowest BCUT2D eigenvalue weighted by Gasteiger charge is -2.26. The third-order valence-corrected chi connectivity index (χ3v) is 5.19. The van der Waals surface area contributed by atoms with E-state index in [1.165, 1.54) is 11.8 Å². The summed E-state index contributed by atoms with van der Waals surface area (Å²) >= 11 is 0. The average Bonchev–Trinajstić information content (AvgIpc) is 3.30. The summed E-state index contributed by atoms with van der Waals surface area (Å²) in [6, 6.07) is 9.81. The van der Waals surface area contributed by atoms with Gasteiger partial charge >= 0.3 is 5.97 Å². The van der Waals surface area contributed by atoms with Gasteiger partial charge in [0, 0.05) is 23.9 Å². The van der Waals surface area contributed by atoms with Crippen LogP contribution in [0.15, 0.2) is 48.9 Å². The minimum atomic E-state index is -0.232. The first kappa shape index (κ1) is 14.2. The zero-order chi connectivity index (χ0) is 15.6. The Morgan fingerprint density at radius 1 is 1.17 bits per heavy atom. The second kappa shape index (κ2) is 6.03. The molecule has 118 valence electrons. The van der Waals surface area contributed by atoms with Crippen LogP contribution in [0.4, 0.5) is 0 Å². The summed E-state index contributed by atoms with van der Waals surface area (Å²) in [4.78, 5) is 19.4. The van der Waals surface area contributed by atoms with E-state index in [1.807, 2.05) is 42.6 Å². The van der Waals surface area contributed by atoms with Gasteiger partial charge in [-0.15, -0.1) is 0 Å². The minimum Gasteiger partial charge on any atom is -0.459 e. The van der Waals surface area contributed by atoms with Crippen molar-refractivity contribution in [1.82, 2.24) is 9.97 Å². The molecule has 0 radical (unpaired) electrons. The van der Waals surface area contributed by atoms with Crippen LogP contribution in [0.25, 0.3) is 6.08 Å². The van der Waals surface area contributed by atoms with Gasteiger partial charge in [0.15, 0.2) is 0 Å². The van der Waals surface area contributed by atoms with Gasteiger partial charge in [0.05, 0.1) is 6.33 Å². The van der Waals surface area contributed by atoms with Crippen LogP contribution >= 0.6 is 0 Å². The summed E-state index contributed by atoms with van der Waals surface area (Å²) in [6.07, 6.45) is 10.3. The second-order valence-corrected chi connectivity index (χ2v) is 6.56. The molecule has 4 rings (SSSR count). The average molecular weight is 308 g/mol. The lowest BCUT2D eigenvalue weighted by atomic mass is 9.85. The first-order valence-corrected chi connectivity index (χ1v) is 8.21. The maximum Gasteiger partial charge on any atom is 0.331 e. The molecule has 4 atom stereocenters. The zero-order valence-corrected chi connectivity index (χ0v) is 12.9. The molecule has 2 fully saturated rings. The first-order valence-electron chi connectivity index (χ1n) is 8.21. The molecule has 0 spiro atoms. The fourth-order valence-electron chi connectivity index (χ4n) is 4.13. The number of H-pyrrole nitrogens is 1. The highest BCUT2D eigenvalue weighted by atomic mass is 16.5. The molecule has 1 N–H and O–H groups in total. The number of nitrogens with zero attached hydrogens (tertiary/aromatic N) is 1. The number of esters is 1. The molecular weight excluding hydrogens is 288 g/mol. The summed E-state index contributed by atoms with van der Waals surface area (Å²) in [5.41, 5.74) is 2.24. The summed E-state index contributed by atoms with van der Waals surface area (Å²) in [5.74, 6) is 1.42. The molecule has 2 aliphatic carbocycles. The van der Waals surface area contributed by atoms with Crippen molar-refractivity contribution in [2.24, 2.45) is 11.8 Å². The summed E-state index contributed by atoms with van der Waals surface area (Å²) < 4.78 is 5.68. The van der Waals surface area contributed by atoms with Gasteiger partial charge in [-0.3, -0.25) is 0 Å². The Bertz CT molecular complexity index is 693. The molecule has 1 heterocycles. The van der Waals surface area contributed by atoms with E-state index < -0.39 is 0 Å². The van der Waals surface area contributed by atoms with E-state index in [-0.39, 0.29) is 12.1 Å². The summed E-state index contributed by atoms with van der Waals surface area (Å²) in [7, 11) is 0. The van der Waals surface area contributed by atoms with Crippen LogP contribution in [-0.2, 0) is 9.53 Å². The van der Waals surface area contributed by atoms with E-state index in [9.17, 15) is 4.79 Å². The normalized spacial score (nSPS) is 29.2. The molecule has 4 heteroatoms. The van der Waals surface area contributed by atoms with Crippen molar-refractivity contribution >= 4 is 12.0 Å². The number of carbonyl (C=O) groups excluding carboxylic acids is 1. The SMILES string of the molecule is O=C(/C=C/c1ccccc1)O[C@@H]1CC2CC1C[C@@H]2c1cnc[nH]1. The van der Waals surface area contributed by atoms with Crippen LogP contribution in [0.2, 0.25) is 0 Å². The van der Waals surface area contributed by atoms with Crippen LogP contribution in [0, 0.1) is 11.8 Å². The Labute approximate surface area is 135 Å². The van der Waals surface area contributed by atoms with Crippen molar-refractivity contribution in [1.29, 1.82) is 0 Å². The number of aromatic amines is 1. The predicted octanol–water partition coefficient (Wildman–Crippen LogP) is 3.55. The molecule has 2 unspecified atom stereocenters. The van der Waals surface area contributed by atoms with Gasteiger partial charge in [-0.05, 0) is 42.7 Å². The van der Waals surface area contributed by atoms with E-state index in [1.54, 1.807) is 6.33 Å². The Hall–Kier alpha value is -2.36. The summed E-state index contributed by atoms with van der Waals surface area (Å²) in [5, 5.41) is 0. The standard InChI is InChI=1S/C19H20N2O2/c22-19(7-6-13-4-2-1-3-5-13)23-18-10-14-8-15(18)9-16(14)17-11-20-12-21-17/h1-7,11-12,14-16,18H,8-10H2,(H,20,21)/b7-6+/t14?,15?,16-,18+/m0/s1. The minimum absolute atomic E-state index is 0.0760. The Morgan fingerprint density at radius 2 is 2.04 bits per heavy atom. The largest absolute Gasteiger partial charge is 0.459 e. The molecule has 0 aliphatic heterocycles. The highest BCUT2D eigenvalue weighted by Gasteiger charge is 2.48. The van der Waals surface area contributed by atoms with Crippen molar-refractivity contribution < 1.29 is 9.53 Å². The number of rotatable bonds is 4. The Balaban J connectivity index is 1.33. The molecule has 2 aliphatic rings. The zero-order valence-electron chi connectivity index (χ0n) is 12.9. The molecule has 2 bridgehead atoms. The van der Waals surface area contributed by atoms with Crippen molar-refractivity contribution in [3.05, 3.63) is 60.2 Å². The van der Waals surface area contributed by atoms with Crippen LogP contribution in [0.5, 0.6) is 0 Å². The number of fused-ring (bicyclic) bond motifs is 2. The molecule has 1 aromatic heterocycles. The predicted molar refractivity (Wildman–Crippen MR) is 87.5 cm³/mol. The molecule has 2 aromatic rings. The number of hydrogen-bond donors (Lipinski definition) is 1. The van der Waals surface area contributed by atoms with Gasteiger partial charge in [-0.2, -0.15) is 0 Å². The van der Waals surface area contributed by atoms with E-state index in [4.69, 9.17) is 4.74 Å². The third-order valence-electron chi connectivity index (χ3n) is 5.19. The van der Waals surface area contributed by atoms with Gasteiger partial charge in [0.1, 0.15) is 6.10 Å². The highest BCUT2D eigenvalue weighted by Crippen LogP contribution is 2.53. The van der Waals surface area contributed by atoms with E-state index in [0.717, 1.165) is 24.8 Å². The number of nitrogens with one attached hydrogen (secondary N) is 1. The van der Waals surface area contributed by atoms with Crippen molar-refractivity contribution in [2.75, 3.05) is 0 Å². The lowest BCUT2D eigenvalue weighted by molar-refractivity contribution is -0.145. The Kier molecular flexibility index (Phi) is 3.74. The molecule has 4 nitrogen and oxygen atoms in total. The molecule has 2 saturated carbocycles. The van der Waals surface area contributed by atoms with Crippen LogP contribution in [-0.4, -0.2) is 22.0 Å².